The Labute approximate surface area is 222 Å². The number of benzene rings is 5. The zero-order valence-electron chi connectivity index (χ0n) is 20.2. The molecule has 0 spiro atoms. The third-order valence-corrected chi connectivity index (χ3v) is 8.21. The Kier molecular flexibility index (Phi) is 4.66. The Bertz CT molecular complexity index is 2070. The average molecular weight is 505 g/mol. The van der Waals surface area contributed by atoms with Crippen molar-refractivity contribution < 1.29 is 0 Å². The molecule has 4 nitrogen and oxygen atoms in total. The first kappa shape index (κ1) is 21.2. The van der Waals surface area contributed by atoms with Crippen molar-refractivity contribution in [2.24, 2.45) is 0 Å². The largest absolute Gasteiger partial charge is 0.354 e. The molecule has 178 valence electrons. The highest BCUT2D eigenvalue weighted by Crippen LogP contribution is 2.40. The molecule has 0 atom stereocenters. The molecule has 5 aromatic carbocycles. The van der Waals surface area contributed by atoms with Crippen LogP contribution in [-0.4, -0.2) is 19.9 Å². The lowest BCUT2D eigenvalue weighted by Crippen LogP contribution is -2.00. The summed E-state index contributed by atoms with van der Waals surface area (Å²) in [7, 11) is 0. The van der Waals surface area contributed by atoms with E-state index in [2.05, 4.69) is 59.6 Å². The van der Waals surface area contributed by atoms with Crippen molar-refractivity contribution in [1.82, 2.24) is 19.9 Å². The van der Waals surface area contributed by atoms with E-state index in [4.69, 9.17) is 15.0 Å². The molecule has 0 amide bonds. The van der Waals surface area contributed by atoms with Gasteiger partial charge in [0.1, 0.15) is 0 Å². The standard InChI is InChI=1S/C33H20N4S/c1-3-10-20(11-4-1)31-35-32(21-12-5-2-6-13-21)37-33(36-31)24-16-9-15-23-25-18-26-22-14-7-8-17-28(22)38-29(26)19-27(25)34-30(23)24/h1-19,34H. The van der Waals surface area contributed by atoms with Crippen LogP contribution in [0.1, 0.15) is 0 Å². The minimum absolute atomic E-state index is 0.655. The van der Waals surface area contributed by atoms with Gasteiger partial charge in [-0.3, -0.25) is 0 Å². The minimum Gasteiger partial charge on any atom is -0.354 e. The summed E-state index contributed by atoms with van der Waals surface area (Å²) in [5, 5.41) is 4.97. The molecule has 38 heavy (non-hydrogen) atoms. The number of H-pyrrole nitrogens is 1. The summed E-state index contributed by atoms with van der Waals surface area (Å²) >= 11 is 1.83. The van der Waals surface area contributed by atoms with Crippen LogP contribution in [-0.2, 0) is 0 Å². The Morgan fingerprint density at radius 2 is 1.11 bits per heavy atom. The lowest BCUT2D eigenvalue weighted by atomic mass is 10.1. The fourth-order valence-electron chi connectivity index (χ4n) is 5.26. The van der Waals surface area contributed by atoms with Gasteiger partial charge in [0.15, 0.2) is 17.5 Å². The van der Waals surface area contributed by atoms with E-state index in [1.54, 1.807) is 0 Å². The first-order chi connectivity index (χ1) is 18.8. The molecule has 0 aliphatic rings. The monoisotopic (exact) mass is 504 g/mol. The van der Waals surface area contributed by atoms with E-state index in [-0.39, 0.29) is 0 Å². The lowest BCUT2D eigenvalue weighted by molar-refractivity contribution is 1.08. The van der Waals surface area contributed by atoms with Crippen molar-refractivity contribution in [2.75, 3.05) is 0 Å². The van der Waals surface area contributed by atoms with Gasteiger partial charge in [-0.25, -0.2) is 15.0 Å². The zero-order valence-corrected chi connectivity index (χ0v) is 21.0. The summed E-state index contributed by atoms with van der Waals surface area (Å²) in [5.74, 6) is 1.98. The first-order valence-corrected chi connectivity index (χ1v) is 13.4. The maximum Gasteiger partial charge on any atom is 0.166 e. The fourth-order valence-corrected chi connectivity index (χ4v) is 6.39. The Hall–Kier alpha value is -4.87. The predicted molar refractivity (Wildman–Crippen MR) is 158 cm³/mol. The van der Waals surface area contributed by atoms with Crippen LogP contribution in [0.5, 0.6) is 0 Å². The third-order valence-electron chi connectivity index (χ3n) is 7.07. The van der Waals surface area contributed by atoms with Gasteiger partial charge < -0.3 is 4.98 Å². The molecule has 3 aromatic heterocycles. The highest BCUT2D eigenvalue weighted by molar-refractivity contribution is 7.25. The van der Waals surface area contributed by atoms with E-state index in [0.29, 0.717) is 17.5 Å². The fraction of sp³-hybridized carbons (Fsp3) is 0. The molecule has 0 saturated carbocycles. The maximum atomic E-state index is 4.97. The number of nitrogens with zero attached hydrogens (tertiary/aromatic N) is 3. The van der Waals surface area contributed by atoms with E-state index in [1.165, 1.54) is 25.6 Å². The van der Waals surface area contributed by atoms with E-state index in [0.717, 1.165) is 33.1 Å². The van der Waals surface area contributed by atoms with Gasteiger partial charge in [-0.15, -0.1) is 11.3 Å². The quantitative estimate of drug-likeness (QED) is 0.261. The van der Waals surface area contributed by atoms with Gasteiger partial charge in [0, 0.05) is 53.2 Å². The second kappa shape index (κ2) is 8.33. The van der Waals surface area contributed by atoms with E-state index in [1.807, 2.05) is 72.0 Å². The van der Waals surface area contributed by atoms with Gasteiger partial charge >= 0.3 is 0 Å². The molecule has 1 N–H and O–H groups in total. The van der Waals surface area contributed by atoms with Crippen LogP contribution in [0.25, 0.3) is 76.1 Å². The van der Waals surface area contributed by atoms with Crippen LogP contribution in [0.2, 0.25) is 0 Å². The number of fused-ring (bicyclic) bond motifs is 6. The molecule has 0 unspecified atom stereocenters. The number of nitrogens with one attached hydrogen (secondary N) is 1. The highest BCUT2D eigenvalue weighted by Gasteiger charge is 2.17. The van der Waals surface area contributed by atoms with Gasteiger partial charge in [0.2, 0.25) is 0 Å². The SMILES string of the molecule is c1ccc(-c2nc(-c3ccccc3)nc(-c3cccc4c3[nH]c3cc5sc6ccccc6c5cc34)n2)cc1. The summed E-state index contributed by atoms with van der Waals surface area (Å²) in [6.07, 6.45) is 0. The van der Waals surface area contributed by atoms with Gasteiger partial charge in [-0.1, -0.05) is 91.0 Å². The summed E-state index contributed by atoms with van der Waals surface area (Å²) < 4.78 is 2.59. The number of hydrogen-bond acceptors (Lipinski definition) is 4. The normalized spacial score (nSPS) is 11.7. The van der Waals surface area contributed by atoms with Crippen molar-refractivity contribution in [2.45, 2.75) is 0 Å². The van der Waals surface area contributed by atoms with Crippen LogP contribution in [0.15, 0.2) is 115 Å². The molecule has 0 bridgehead atoms. The molecule has 8 rings (SSSR count). The van der Waals surface area contributed by atoms with Crippen molar-refractivity contribution in [3.63, 3.8) is 0 Å². The molecule has 8 aromatic rings. The molecule has 0 aliphatic heterocycles. The number of thiophene rings is 1. The lowest BCUT2D eigenvalue weighted by Gasteiger charge is -2.09. The van der Waals surface area contributed by atoms with Crippen LogP contribution in [0.3, 0.4) is 0 Å². The predicted octanol–water partition coefficient (Wildman–Crippen LogP) is 8.87. The molecule has 3 heterocycles. The molecular weight excluding hydrogens is 484 g/mol. The van der Waals surface area contributed by atoms with E-state index < -0.39 is 0 Å². The van der Waals surface area contributed by atoms with Crippen molar-refractivity contribution in [1.29, 1.82) is 0 Å². The van der Waals surface area contributed by atoms with Crippen molar-refractivity contribution in [3.8, 4) is 34.2 Å². The second-order valence-electron chi connectivity index (χ2n) is 9.38. The average Bonchev–Trinajstić information content (AvgIpc) is 3.54. The van der Waals surface area contributed by atoms with Gasteiger partial charge in [-0.2, -0.15) is 0 Å². The minimum atomic E-state index is 0.655. The number of hydrogen-bond donors (Lipinski definition) is 1. The van der Waals surface area contributed by atoms with Crippen LogP contribution >= 0.6 is 11.3 Å². The van der Waals surface area contributed by atoms with Crippen molar-refractivity contribution >= 4 is 53.3 Å². The Balaban J connectivity index is 1.39. The van der Waals surface area contributed by atoms with Gasteiger partial charge in [-0.05, 0) is 24.3 Å². The first-order valence-electron chi connectivity index (χ1n) is 12.5. The third kappa shape index (κ3) is 3.33. The molecule has 5 heteroatoms. The maximum absolute atomic E-state index is 4.97. The number of aromatic nitrogens is 4. The summed E-state index contributed by atoms with van der Waals surface area (Å²) in [4.78, 5) is 18.5. The number of aromatic amines is 1. The van der Waals surface area contributed by atoms with Crippen LogP contribution < -0.4 is 0 Å². The van der Waals surface area contributed by atoms with E-state index >= 15 is 0 Å². The Morgan fingerprint density at radius 3 is 1.84 bits per heavy atom. The van der Waals surface area contributed by atoms with Crippen LogP contribution in [0, 0.1) is 0 Å². The van der Waals surface area contributed by atoms with Crippen molar-refractivity contribution in [3.05, 3.63) is 115 Å². The molecule has 0 aliphatic carbocycles. The summed E-state index contributed by atoms with van der Waals surface area (Å²) in [6.45, 7) is 0. The number of para-hydroxylation sites is 1. The van der Waals surface area contributed by atoms with E-state index in [9.17, 15) is 0 Å². The molecular formula is C33H20N4S. The second-order valence-corrected chi connectivity index (χ2v) is 10.5. The topological polar surface area (TPSA) is 54.5 Å². The number of rotatable bonds is 3. The Morgan fingerprint density at radius 1 is 0.474 bits per heavy atom. The highest BCUT2D eigenvalue weighted by atomic mass is 32.1. The van der Waals surface area contributed by atoms with Gasteiger partial charge in [0.25, 0.3) is 0 Å². The summed E-state index contributed by atoms with van der Waals surface area (Å²) in [5.41, 5.74) is 5.04. The summed E-state index contributed by atoms with van der Waals surface area (Å²) in [6, 6.07) is 39.8. The smallest absolute Gasteiger partial charge is 0.166 e. The molecule has 0 radical (unpaired) electrons. The zero-order chi connectivity index (χ0) is 25.1. The van der Waals surface area contributed by atoms with Gasteiger partial charge in [0.05, 0.1) is 5.52 Å². The molecule has 0 fully saturated rings. The molecule has 0 saturated heterocycles. The van der Waals surface area contributed by atoms with Crippen LogP contribution in [0.4, 0.5) is 0 Å².